The lowest BCUT2D eigenvalue weighted by Crippen LogP contribution is -2.14. The summed E-state index contributed by atoms with van der Waals surface area (Å²) in [6, 6.07) is 16.2. The van der Waals surface area contributed by atoms with Gasteiger partial charge in [0.25, 0.3) is 11.6 Å². The number of aromatic nitrogens is 1. The number of carbonyl (C=O) groups is 1. The molecular weight excluding hydrogens is 440 g/mol. The maximum Gasteiger partial charge on any atom is 0.287 e. The summed E-state index contributed by atoms with van der Waals surface area (Å²) in [4.78, 5) is 26.8. The normalized spacial score (nSPS) is 10.7. The van der Waals surface area contributed by atoms with Crippen LogP contribution in [0.5, 0.6) is 23.1 Å². The molecule has 1 N–H and O–H groups in total. The fraction of sp³-hybridized carbons (Fsp3) is 0.125. The molecule has 0 aliphatic heterocycles. The molecule has 1 amide bonds. The van der Waals surface area contributed by atoms with Crippen LogP contribution in [0.2, 0.25) is 0 Å². The summed E-state index contributed by atoms with van der Waals surface area (Å²) in [5.41, 5.74) is 0.678. The minimum absolute atomic E-state index is 0.126. The molecule has 10 nitrogen and oxygen atoms in total. The molecule has 0 saturated carbocycles. The molecular formula is C24H20N4O6. The van der Waals surface area contributed by atoms with E-state index in [1.165, 1.54) is 25.3 Å². The van der Waals surface area contributed by atoms with Gasteiger partial charge in [0.15, 0.2) is 11.5 Å². The smallest absolute Gasteiger partial charge is 0.287 e. The predicted octanol–water partition coefficient (Wildman–Crippen LogP) is 4.74. The standard InChI is InChI=1S/C24H20N4O6/c1-3-33-22-13-16(8-10-21(22)34-23-11-9-18(15-26-23)28(30)31)12-17(14-25)24(29)27-19-6-4-5-7-20(19)32-2/h4-13,15H,3H2,1-2H3,(H,27,29)/b17-12-. The molecule has 0 atom stereocenters. The van der Waals surface area contributed by atoms with Gasteiger partial charge in [0.1, 0.15) is 23.6 Å². The molecule has 172 valence electrons. The van der Waals surface area contributed by atoms with Crippen LogP contribution < -0.4 is 19.5 Å². The van der Waals surface area contributed by atoms with Gasteiger partial charge in [-0.15, -0.1) is 0 Å². The summed E-state index contributed by atoms with van der Waals surface area (Å²) in [5, 5.41) is 23.0. The van der Waals surface area contributed by atoms with Crippen LogP contribution in [0.1, 0.15) is 12.5 Å². The average molecular weight is 460 g/mol. The number of para-hydroxylation sites is 2. The zero-order valence-corrected chi connectivity index (χ0v) is 18.3. The lowest BCUT2D eigenvalue weighted by atomic mass is 10.1. The number of anilines is 1. The third-order valence-electron chi connectivity index (χ3n) is 4.44. The number of nitriles is 1. The van der Waals surface area contributed by atoms with Crippen molar-refractivity contribution in [1.29, 1.82) is 5.26 Å². The molecule has 1 heterocycles. The third kappa shape index (κ3) is 5.86. The van der Waals surface area contributed by atoms with Crippen molar-refractivity contribution >= 4 is 23.4 Å². The minimum Gasteiger partial charge on any atom is -0.495 e. The number of nitro groups is 1. The highest BCUT2D eigenvalue weighted by Gasteiger charge is 2.14. The lowest BCUT2D eigenvalue weighted by molar-refractivity contribution is -0.385. The average Bonchev–Trinajstić information content (AvgIpc) is 2.84. The Morgan fingerprint density at radius 1 is 1.18 bits per heavy atom. The van der Waals surface area contributed by atoms with Gasteiger partial charge in [-0.05, 0) is 42.8 Å². The zero-order chi connectivity index (χ0) is 24.5. The van der Waals surface area contributed by atoms with Gasteiger partial charge in [0, 0.05) is 12.1 Å². The molecule has 0 spiro atoms. The van der Waals surface area contributed by atoms with Crippen molar-refractivity contribution in [3.63, 3.8) is 0 Å². The zero-order valence-electron chi connectivity index (χ0n) is 18.3. The fourth-order valence-corrected chi connectivity index (χ4v) is 2.87. The number of hydrogen-bond acceptors (Lipinski definition) is 8. The second-order valence-electron chi connectivity index (χ2n) is 6.68. The van der Waals surface area contributed by atoms with E-state index in [2.05, 4.69) is 10.3 Å². The molecule has 0 unspecified atom stereocenters. The highest BCUT2D eigenvalue weighted by atomic mass is 16.6. The number of carbonyl (C=O) groups excluding carboxylic acids is 1. The molecule has 0 aliphatic rings. The Morgan fingerprint density at radius 2 is 1.97 bits per heavy atom. The highest BCUT2D eigenvalue weighted by Crippen LogP contribution is 2.33. The van der Waals surface area contributed by atoms with Gasteiger partial charge in [-0.2, -0.15) is 5.26 Å². The van der Waals surface area contributed by atoms with Gasteiger partial charge in [0.05, 0.1) is 24.3 Å². The fourth-order valence-electron chi connectivity index (χ4n) is 2.87. The van der Waals surface area contributed by atoms with E-state index in [-0.39, 0.29) is 17.1 Å². The van der Waals surface area contributed by atoms with Crippen molar-refractivity contribution in [3.05, 3.63) is 82.0 Å². The van der Waals surface area contributed by atoms with E-state index in [0.29, 0.717) is 35.1 Å². The molecule has 0 fully saturated rings. The van der Waals surface area contributed by atoms with Crippen molar-refractivity contribution in [2.24, 2.45) is 0 Å². The summed E-state index contributed by atoms with van der Waals surface area (Å²) in [7, 11) is 1.48. The molecule has 10 heteroatoms. The highest BCUT2D eigenvalue weighted by molar-refractivity contribution is 6.10. The first kappa shape index (κ1) is 23.7. The first-order chi connectivity index (χ1) is 16.4. The molecule has 0 saturated heterocycles. The molecule has 0 radical (unpaired) electrons. The third-order valence-corrected chi connectivity index (χ3v) is 4.44. The maximum absolute atomic E-state index is 12.6. The Hall–Kier alpha value is -4.91. The van der Waals surface area contributed by atoms with Crippen LogP contribution in [0.15, 0.2) is 66.4 Å². The van der Waals surface area contributed by atoms with Crippen LogP contribution in [-0.2, 0) is 4.79 Å². The number of rotatable bonds is 9. The number of nitrogens with one attached hydrogen (secondary N) is 1. The minimum atomic E-state index is -0.597. The first-order valence-corrected chi connectivity index (χ1v) is 10.1. The molecule has 3 rings (SSSR count). The monoisotopic (exact) mass is 460 g/mol. The van der Waals surface area contributed by atoms with Crippen LogP contribution >= 0.6 is 0 Å². The van der Waals surface area contributed by atoms with Gasteiger partial charge >= 0.3 is 0 Å². The van der Waals surface area contributed by atoms with Gasteiger partial charge < -0.3 is 19.5 Å². The molecule has 3 aromatic rings. The number of benzene rings is 2. The Balaban J connectivity index is 1.84. The summed E-state index contributed by atoms with van der Waals surface area (Å²) in [5.74, 6) is 0.674. The largest absolute Gasteiger partial charge is 0.495 e. The Kier molecular flexibility index (Phi) is 7.75. The second-order valence-corrected chi connectivity index (χ2v) is 6.68. The first-order valence-electron chi connectivity index (χ1n) is 10.1. The van der Waals surface area contributed by atoms with Gasteiger partial charge in [-0.1, -0.05) is 18.2 Å². The molecule has 0 aliphatic carbocycles. The van der Waals surface area contributed by atoms with E-state index in [1.54, 1.807) is 49.4 Å². The van der Waals surface area contributed by atoms with Crippen LogP contribution in [0, 0.1) is 21.4 Å². The van der Waals surface area contributed by atoms with Crippen molar-refractivity contribution in [2.75, 3.05) is 19.0 Å². The van der Waals surface area contributed by atoms with Crippen LogP contribution in [0.3, 0.4) is 0 Å². The van der Waals surface area contributed by atoms with E-state index in [9.17, 15) is 20.2 Å². The summed E-state index contributed by atoms with van der Waals surface area (Å²) in [6.07, 6.45) is 2.51. The topological polar surface area (TPSA) is 137 Å². The van der Waals surface area contributed by atoms with Gasteiger partial charge in [-0.25, -0.2) is 4.98 Å². The SMILES string of the molecule is CCOc1cc(/C=C(/C#N)C(=O)Nc2ccccc2OC)ccc1Oc1ccc([N+](=O)[O-])cn1. The van der Waals surface area contributed by atoms with Crippen LogP contribution in [-0.4, -0.2) is 29.5 Å². The Labute approximate surface area is 195 Å². The number of hydrogen-bond donors (Lipinski definition) is 1. The van der Waals surface area contributed by atoms with Crippen molar-refractivity contribution in [3.8, 4) is 29.2 Å². The number of amides is 1. The summed E-state index contributed by atoms with van der Waals surface area (Å²) < 4.78 is 16.5. The molecule has 2 aromatic carbocycles. The lowest BCUT2D eigenvalue weighted by Gasteiger charge is -2.12. The second kappa shape index (κ2) is 11.1. The number of pyridine rings is 1. The Morgan fingerprint density at radius 3 is 2.62 bits per heavy atom. The maximum atomic E-state index is 12.6. The Bertz CT molecular complexity index is 1270. The van der Waals surface area contributed by atoms with E-state index >= 15 is 0 Å². The number of nitrogens with zero attached hydrogens (tertiary/aromatic N) is 3. The summed E-state index contributed by atoms with van der Waals surface area (Å²) >= 11 is 0. The van der Waals surface area contributed by atoms with E-state index in [1.807, 2.05) is 6.07 Å². The summed E-state index contributed by atoms with van der Waals surface area (Å²) in [6.45, 7) is 2.12. The van der Waals surface area contributed by atoms with Gasteiger partial charge in [-0.3, -0.25) is 14.9 Å². The van der Waals surface area contributed by atoms with E-state index < -0.39 is 10.8 Å². The van der Waals surface area contributed by atoms with Crippen LogP contribution in [0.4, 0.5) is 11.4 Å². The van der Waals surface area contributed by atoms with Gasteiger partial charge in [0.2, 0.25) is 5.88 Å². The molecule has 0 bridgehead atoms. The molecule has 34 heavy (non-hydrogen) atoms. The van der Waals surface area contributed by atoms with Crippen LogP contribution in [0.25, 0.3) is 6.08 Å². The molecule has 1 aromatic heterocycles. The number of methoxy groups -OCH3 is 1. The quantitative estimate of drug-likeness (QED) is 0.209. The van der Waals surface area contributed by atoms with E-state index in [4.69, 9.17) is 14.2 Å². The van der Waals surface area contributed by atoms with Crippen molar-refractivity contribution in [1.82, 2.24) is 4.98 Å². The van der Waals surface area contributed by atoms with Crippen molar-refractivity contribution < 1.29 is 23.9 Å². The predicted molar refractivity (Wildman–Crippen MR) is 124 cm³/mol. The van der Waals surface area contributed by atoms with Crippen molar-refractivity contribution in [2.45, 2.75) is 6.92 Å². The van der Waals surface area contributed by atoms with E-state index in [0.717, 1.165) is 6.20 Å². The number of ether oxygens (including phenoxy) is 3.